The Morgan fingerprint density at radius 2 is 1.77 bits per heavy atom. The molecule has 1 N–H and O–H groups in total. The van der Waals surface area contributed by atoms with Gasteiger partial charge in [-0.2, -0.15) is 0 Å². The van der Waals surface area contributed by atoms with Crippen molar-refractivity contribution in [2.45, 2.75) is 24.7 Å². The molecule has 2 heterocycles. The average molecular weight is 443 g/mol. The first-order valence-electron chi connectivity index (χ1n) is 9.88. The van der Waals surface area contributed by atoms with Gasteiger partial charge in [0, 0.05) is 29.4 Å². The van der Waals surface area contributed by atoms with Crippen molar-refractivity contribution in [1.29, 1.82) is 0 Å². The third kappa shape index (κ3) is 4.74. The fraction of sp³-hybridized carbons (Fsp3) is 0.273. The molecule has 156 valence electrons. The number of nitrogens with zero attached hydrogens (tertiary/aromatic N) is 3. The molecule has 0 bridgehead atoms. The number of benzene rings is 2. The van der Waals surface area contributed by atoms with Gasteiger partial charge in [0.15, 0.2) is 5.82 Å². The van der Waals surface area contributed by atoms with Crippen molar-refractivity contribution in [2.24, 2.45) is 5.92 Å². The number of sulfonamides is 1. The smallest absolute Gasteiger partial charge is 0.261 e. The fourth-order valence-corrected chi connectivity index (χ4v) is 4.83. The lowest BCUT2D eigenvalue weighted by molar-refractivity contribution is 0.436. The van der Waals surface area contributed by atoms with Gasteiger partial charge in [-0.3, -0.25) is 4.72 Å². The first-order valence-corrected chi connectivity index (χ1v) is 11.7. The van der Waals surface area contributed by atoms with Crippen LogP contribution in [0.5, 0.6) is 0 Å². The van der Waals surface area contributed by atoms with Crippen LogP contribution in [-0.4, -0.2) is 31.7 Å². The molecule has 30 heavy (non-hydrogen) atoms. The molecule has 0 saturated carbocycles. The predicted molar refractivity (Wildman–Crippen MR) is 120 cm³/mol. The van der Waals surface area contributed by atoms with Gasteiger partial charge in [-0.25, -0.2) is 8.42 Å². The third-order valence-corrected chi connectivity index (χ3v) is 6.89. The molecule has 8 heteroatoms. The molecule has 0 atom stereocenters. The van der Waals surface area contributed by atoms with E-state index in [-0.39, 0.29) is 4.90 Å². The largest absolute Gasteiger partial charge is 0.355 e. The number of hydrogen-bond acceptors (Lipinski definition) is 5. The van der Waals surface area contributed by atoms with E-state index < -0.39 is 10.0 Å². The number of anilines is 2. The molecule has 0 amide bonds. The van der Waals surface area contributed by atoms with Gasteiger partial charge in [0.2, 0.25) is 0 Å². The molecule has 1 aromatic heterocycles. The lowest BCUT2D eigenvalue weighted by Crippen LogP contribution is -2.33. The zero-order valence-electron chi connectivity index (χ0n) is 16.6. The third-order valence-electron chi connectivity index (χ3n) is 5.28. The zero-order chi connectivity index (χ0) is 21.1. The van der Waals surface area contributed by atoms with Crippen LogP contribution in [0.2, 0.25) is 5.02 Å². The van der Waals surface area contributed by atoms with E-state index in [2.05, 4.69) is 26.7 Å². The Kier molecular flexibility index (Phi) is 5.92. The van der Waals surface area contributed by atoms with Crippen molar-refractivity contribution in [3.05, 3.63) is 65.7 Å². The summed E-state index contributed by atoms with van der Waals surface area (Å²) in [7, 11) is -3.74. The summed E-state index contributed by atoms with van der Waals surface area (Å²) in [4.78, 5) is 2.37. The molecule has 0 aliphatic carbocycles. The van der Waals surface area contributed by atoms with Crippen LogP contribution in [0.15, 0.2) is 65.6 Å². The van der Waals surface area contributed by atoms with E-state index in [0.717, 1.165) is 43.2 Å². The van der Waals surface area contributed by atoms with Gasteiger partial charge < -0.3 is 4.90 Å². The van der Waals surface area contributed by atoms with Gasteiger partial charge in [0.05, 0.1) is 10.6 Å². The molecule has 1 aliphatic rings. The molecule has 3 aromatic rings. The maximum absolute atomic E-state index is 12.6. The highest BCUT2D eigenvalue weighted by Gasteiger charge is 2.18. The number of nitrogens with one attached hydrogen (secondary N) is 1. The van der Waals surface area contributed by atoms with E-state index >= 15 is 0 Å². The maximum atomic E-state index is 12.6. The molecular weight excluding hydrogens is 420 g/mol. The molecule has 1 fully saturated rings. The second-order valence-electron chi connectivity index (χ2n) is 7.59. The lowest BCUT2D eigenvalue weighted by atomic mass is 9.99. The van der Waals surface area contributed by atoms with Gasteiger partial charge in [-0.05, 0) is 61.2 Å². The van der Waals surface area contributed by atoms with Crippen molar-refractivity contribution < 1.29 is 8.42 Å². The molecule has 4 rings (SSSR count). The molecule has 1 saturated heterocycles. The van der Waals surface area contributed by atoms with E-state index in [1.807, 2.05) is 18.2 Å². The minimum atomic E-state index is -3.74. The summed E-state index contributed by atoms with van der Waals surface area (Å²) in [5.74, 6) is 1.63. The summed E-state index contributed by atoms with van der Waals surface area (Å²) >= 11 is 5.92. The summed E-state index contributed by atoms with van der Waals surface area (Å²) in [6, 6.07) is 17.2. The minimum Gasteiger partial charge on any atom is -0.355 e. The van der Waals surface area contributed by atoms with E-state index in [1.54, 1.807) is 30.3 Å². The van der Waals surface area contributed by atoms with Gasteiger partial charge in [0.25, 0.3) is 10.0 Å². The molecule has 0 radical (unpaired) electrons. The summed E-state index contributed by atoms with van der Waals surface area (Å²) in [5.41, 5.74) is 1.92. The van der Waals surface area contributed by atoms with Gasteiger partial charge >= 0.3 is 0 Å². The van der Waals surface area contributed by atoms with Crippen molar-refractivity contribution in [3.8, 4) is 11.3 Å². The van der Waals surface area contributed by atoms with Crippen molar-refractivity contribution in [3.63, 3.8) is 0 Å². The highest BCUT2D eigenvalue weighted by molar-refractivity contribution is 7.92. The second kappa shape index (κ2) is 8.62. The standard InChI is InChI=1S/C22H23ClN4O2S/c1-16-10-12-27(13-11-16)22-9-8-21(24-25-22)17-4-2-6-19(14-17)26-30(28,29)20-7-3-5-18(23)15-20/h2-9,14-16,26H,10-13H2,1H3. The van der Waals surface area contributed by atoms with E-state index in [4.69, 9.17) is 11.6 Å². The topological polar surface area (TPSA) is 75.2 Å². The van der Waals surface area contributed by atoms with Crippen LogP contribution in [0.4, 0.5) is 11.5 Å². The number of aromatic nitrogens is 2. The van der Waals surface area contributed by atoms with Crippen molar-refractivity contribution >= 4 is 33.1 Å². The van der Waals surface area contributed by atoms with Crippen LogP contribution in [0.3, 0.4) is 0 Å². The normalized spacial score (nSPS) is 15.2. The average Bonchev–Trinajstić information content (AvgIpc) is 2.74. The number of piperidine rings is 1. The molecular formula is C22H23ClN4O2S. The summed E-state index contributed by atoms with van der Waals surface area (Å²) in [5, 5.41) is 9.12. The predicted octanol–water partition coefficient (Wildman–Crippen LogP) is 4.83. The van der Waals surface area contributed by atoms with Crippen LogP contribution >= 0.6 is 11.6 Å². The quantitative estimate of drug-likeness (QED) is 0.612. The lowest BCUT2D eigenvalue weighted by Gasteiger charge is -2.30. The van der Waals surface area contributed by atoms with Gasteiger partial charge in [-0.1, -0.05) is 36.7 Å². The van der Waals surface area contributed by atoms with Crippen LogP contribution in [-0.2, 0) is 10.0 Å². The van der Waals surface area contributed by atoms with Crippen molar-refractivity contribution in [1.82, 2.24) is 10.2 Å². The molecule has 0 unspecified atom stereocenters. The molecule has 1 aliphatic heterocycles. The highest BCUT2D eigenvalue weighted by Crippen LogP contribution is 2.26. The van der Waals surface area contributed by atoms with Crippen LogP contribution in [0.1, 0.15) is 19.8 Å². The number of halogens is 1. The SMILES string of the molecule is CC1CCN(c2ccc(-c3cccc(NS(=O)(=O)c4cccc(Cl)c4)c3)nn2)CC1. The van der Waals surface area contributed by atoms with Gasteiger partial charge in [0.1, 0.15) is 0 Å². The molecule has 0 spiro atoms. The monoisotopic (exact) mass is 442 g/mol. The Labute approximate surface area is 182 Å². The van der Waals surface area contributed by atoms with Crippen LogP contribution < -0.4 is 9.62 Å². The summed E-state index contributed by atoms with van der Waals surface area (Å²) in [6.07, 6.45) is 2.33. The summed E-state index contributed by atoms with van der Waals surface area (Å²) < 4.78 is 27.9. The number of rotatable bonds is 5. The zero-order valence-corrected chi connectivity index (χ0v) is 18.2. The second-order valence-corrected chi connectivity index (χ2v) is 9.71. The molecule has 2 aromatic carbocycles. The number of hydrogen-bond donors (Lipinski definition) is 1. The first-order chi connectivity index (χ1) is 14.4. The maximum Gasteiger partial charge on any atom is 0.261 e. The van der Waals surface area contributed by atoms with E-state index in [0.29, 0.717) is 16.4 Å². The molecule has 6 nitrogen and oxygen atoms in total. The first kappa shape index (κ1) is 20.6. The van der Waals surface area contributed by atoms with E-state index in [9.17, 15) is 8.42 Å². The Hall–Kier alpha value is -2.64. The van der Waals surface area contributed by atoms with E-state index in [1.165, 1.54) is 12.1 Å². The van der Waals surface area contributed by atoms with Crippen LogP contribution in [0, 0.1) is 5.92 Å². The Balaban J connectivity index is 1.52. The highest BCUT2D eigenvalue weighted by atomic mass is 35.5. The Morgan fingerprint density at radius 1 is 1.00 bits per heavy atom. The Morgan fingerprint density at radius 3 is 2.47 bits per heavy atom. The van der Waals surface area contributed by atoms with Crippen LogP contribution in [0.25, 0.3) is 11.3 Å². The fourth-order valence-electron chi connectivity index (χ4n) is 3.48. The summed E-state index contributed by atoms with van der Waals surface area (Å²) in [6.45, 7) is 4.27. The Bertz CT molecular complexity index is 1130. The minimum absolute atomic E-state index is 0.111. The van der Waals surface area contributed by atoms with Crippen molar-refractivity contribution in [2.75, 3.05) is 22.7 Å². The van der Waals surface area contributed by atoms with Gasteiger partial charge in [-0.15, -0.1) is 10.2 Å².